The Morgan fingerprint density at radius 1 is 0.731 bits per heavy atom. The molecule has 0 atom stereocenters. The van der Waals surface area contributed by atoms with Crippen LogP contribution in [0.4, 0.5) is 5.82 Å². The van der Waals surface area contributed by atoms with E-state index in [1.165, 1.54) is 12.5 Å². The largest absolute Gasteiger partial charge is 0.462 e. The van der Waals surface area contributed by atoms with Crippen LogP contribution in [0, 0.1) is 0 Å². The fraction of sp³-hybridized carbons (Fsp3) is 0.163. The van der Waals surface area contributed by atoms with Crippen LogP contribution in [0.5, 0.6) is 0 Å². The van der Waals surface area contributed by atoms with E-state index >= 15 is 0 Å². The molecule has 7 rings (SSSR count). The number of aromatic nitrogens is 6. The average Bonchev–Trinajstić information content (AvgIpc) is 3.70. The highest BCUT2D eigenvalue weighted by atomic mass is 16.5. The predicted octanol–water partition coefficient (Wildman–Crippen LogP) is 8.23. The number of ether oxygens (including phenoxy) is 1. The zero-order valence-corrected chi connectivity index (χ0v) is 29.2. The second kappa shape index (κ2) is 15.6. The van der Waals surface area contributed by atoms with Gasteiger partial charge < -0.3 is 9.64 Å². The molecule has 0 aliphatic rings. The van der Waals surface area contributed by atoms with Crippen molar-refractivity contribution < 1.29 is 9.53 Å². The van der Waals surface area contributed by atoms with Crippen LogP contribution in [0.3, 0.4) is 0 Å². The van der Waals surface area contributed by atoms with Crippen molar-refractivity contribution in [1.29, 1.82) is 0 Å². The van der Waals surface area contributed by atoms with E-state index < -0.39 is 11.5 Å². The molecule has 52 heavy (non-hydrogen) atoms. The van der Waals surface area contributed by atoms with Crippen LogP contribution in [0.2, 0.25) is 0 Å². The lowest BCUT2D eigenvalue weighted by atomic mass is 9.77. The fourth-order valence-electron chi connectivity index (χ4n) is 6.88. The summed E-state index contributed by atoms with van der Waals surface area (Å²) in [4.78, 5) is 23.4. The van der Waals surface area contributed by atoms with Gasteiger partial charge in [0.25, 0.3) is 0 Å². The maximum Gasteiger partial charge on any atom is 0.343 e. The lowest BCUT2D eigenvalue weighted by molar-refractivity contribution is 0.0526. The normalized spacial score (nSPS) is 11.3. The van der Waals surface area contributed by atoms with Crippen molar-refractivity contribution in [3.63, 3.8) is 0 Å². The van der Waals surface area contributed by atoms with Crippen molar-refractivity contribution in [1.82, 2.24) is 30.2 Å². The Morgan fingerprint density at radius 3 is 1.88 bits per heavy atom. The molecule has 0 saturated heterocycles. The van der Waals surface area contributed by atoms with Crippen LogP contribution in [0.1, 0.15) is 52.9 Å². The molecule has 0 N–H and O–H groups in total. The lowest BCUT2D eigenvalue weighted by Crippen LogP contribution is -2.39. The van der Waals surface area contributed by atoms with Gasteiger partial charge in [-0.3, -0.25) is 0 Å². The maximum absolute atomic E-state index is 12.7. The quantitative estimate of drug-likeness (QED) is 0.0885. The van der Waals surface area contributed by atoms with Crippen LogP contribution < -0.4 is 4.90 Å². The van der Waals surface area contributed by atoms with Crippen molar-refractivity contribution in [3.05, 3.63) is 180 Å². The molecule has 2 aromatic heterocycles. The minimum Gasteiger partial charge on any atom is -0.462 e. The summed E-state index contributed by atoms with van der Waals surface area (Å²) in [5.74, 6) is 0.778. The molecule has 0 aliphatic heterocycles. The molecule has 0 spiro atoms. The highest BCUT2D eigenvalue weighted by molar-refractivity contribution is 5.94. The zero-order valence-electron chi connectivity index (χ0n) is 29.2. The topological polar surface area (TPSA) is 98.9 Å². The van der Waals surface area contributed by atoms with Gasteiger partial charge >= 0.3 is 5.97 Å². The number of esters is 1. The Balaban J connectivity index is 1.30. The summed E-state index contributed by atoms with van der Waals surface area (Å²) in [6.07, 6.45) is 3.87. The molecule has 0 saturated carbocycles. The number of carbonyl (C=O) groups is 1. The van der Waals surface area contributed by atoms with E-state index in [0.29, 0.717) is 30.3 Å². The van der Waals surface area contributed by atoms with Gasteiger partial charge in [0.1, 0.15) is 23.2 Å². The van der Waals surface area contributed by atoms with Crippen molar-refractivity contribution >= 4 is 11.8 Å². The molecule has 0 bridgehead atoms. The second-order valence-corrected chi connectivity index (χ2v) is 12.4. The average molecular weight is 686 g/mol. The van der Waals surface area contributed by atoms with Crippen LogP contribution in [-0.4, -0.2) is 49.3 Å². The van der Waals surface area contributed by atoms with Gasteiger partial charge in [0.15, 0.2) is 5.82 Å². The molecule has 5 aromatic carbocycles. The van der Waals surface area contributed by atoms with Crippen molar-refractivity contribution in [2.24, 2.45) is 0 Å². The lowest BCUT2D eigenvalue weighted by Gasteiger charge is -2.36. The highest BCUT2D eigenvalue weighted by Gasteiger charge is 2.42. The van der Waals surface area contributed by atoms with E-state index in [-0.39, 0.29) is 6.61 Å². The van der Waals surface area contributed by atoms with Gasteiger partial charge in [0.05, 0.1) is 6.61 Å². The summed E-state index contributed by atoms with van der Waals surface area (Å²) in [6.45, 7) is 5.45. The number of rotatable bonds is 13. The number of nitrogens with zero attached hydrogens (tertiary/aromatic N) is 7. The first-order valence-corrected chi connectivity index (χ1v) is 17.5. The number of hydrogen-bond acceptors (Lipinski definition) is 8. The molecule has 0 radical (unpaired) electrons. The Morgan fingerprint density at radius 2 is 1.31 bits per heavy atom. The first-order chi connectivity index (χ1) is 25.6. The van der Waals surface area contributed by atoms with Crippen molar-refractivity contribution in [3.8, 4) is 22.5 Å². The summed E-state index contributed by atoms with van der Waals surface area (Å²) >= 11 is 0. The van der Waals surface area contributed by atoms with Gasteiger partial charge in [-0.05, 0) is 57.2 Å². The Hall–Kier alpha value is -6.48. The molecule has 0 fully saturated rings. The molecule has 0 amide bonds. The standard InChI is InChI=1S/C43H39N7O2/c1-3-28-49(40-39(29-44-31-45-40)42(51)52-4-2)30-32-24-26-33(27-25-32)37-22-14-15-23-38(37)41-46-47-48-50(41)43(34-16-8-5-9-17-34,35-18-10-6-11-19-35)36-20-12-7-13-21-36/h5-27,29,31H,3-4,28,30H2,1-2H3. The summed E-state index contributed by atoms with van der Waals surface area (Å²) < 4.78 is 7.26. The van der Waals surface area contributed by atoms with Crippen LogP contribution in [0.15, 0.2) is 152 Å². The van der Waals surface area contributed by atoms with Gasteiger partial charge in [0.2, 0.25) is 0 Å². The van der Waals surface area contributed by atoms with E-state index in [9.17, 15) is 4.79 Å². The summed E-state index contributed by atoms with van der Waals surface area (Å²) in [5.41, 5.74) is 6.60. The number of benzene rings is 5. The van der Waals surface area contributed by atoms with Gasteiger partial charge in [0, 0.05) is 24.8 Å². The third-order valence-corrected chi connectivity index (χ3v) is 9.15. The van der Waals surface area contributed by atoms with E-state index in [2.05, 4.69) is 136 Å². The van der Waals surface area contributed by atoms with E-state index in [0.717, 1.165) is 45.4 Å². The number of tetrazole rings is 1. The second-order valence-electron chi connectivity index (χ2n) is 12.4. The highest BCUT2D eigenvalue weighted by Crippen LogP contribution is 2.43. The van der Waals surface area contributed by atoms with Crippen LogP contribution in [0.25, 0.3) is 22.5 Å². The summed E-state index contributed by atoms with van der Waals surface area (Å²) in [6, 6.07) is 47.9. The monoisotopic (exact) mass is 685 g/mol. The van der Waals surface area contributed by atoms with Crippen molar-refractivity contribution in [2.75, 3.05) is 18.1 Å². The number of anilines is 1. The molecule has 258 valence electrons. The first kappa shape index (κ1) is 34.0. The smallest absolute Gasteiger partial charge is 0.343 e. The summed E-state index contributed by atoms with van der Waals surface area (Å²) in [5, 5.41) is 13.8. The molecular formula is C43H39N7O2. The van der Waals surface area contributed by atoms with E-state index in [4.69, 9.17) is 15.0 Å². The third kappa shape index (κ3) is 6.56. The minimum atomic E-state index is -0.869. The van der Waals surface area contributed by atoms with Crippen molar-refractivity contribution in [2.45, 2.75) is 32.4 Å². The summed E-state index contributed by atoms with van der Waals surface area (Å²) in [7, 11) is 0. The van der Waals surface area contributed by atoms with Crippen LogP contribution >= 0.6 is 0 Å². The van der Waals surface area contributed by atoms with Gasteiger partial charge in [-0.25, -0.2) is 19.4 Å². The minimum absolute atomic E-state index is 0.280. The molecular weight excluding hydrogens is 647 g/mol. The molecule has 2 heterocycles. The van der Waals surface area contributed by atoms with Gasteiger partial charge in [-0.2, -0.15) is 0 Å². The van der Waals surface area contributed by atoms with E-state index in [1.807, 2.05) is 35.0 Å². The third-order valence-electron chi connectivity index (χ3n) is 9.15. The fourth-order valence-corrected chi connectivity index (χ4v) is 6.88. The van der Waals surface area contributed by atoms with Crippen LogP contribution in [-0.2, 0) is 16.8 Å². The molecule has 7 aromatic rings. The first-order valence-electron chi connectivity index (χ1n) is 17.5. The maximum atomic E-state index is 12.7. The number of carbonyl (C=O) groups excluding carboxylic acids is 1. The van der Waals surface area contributed by atoms with Gasteiger partial charge in [-0.1, -0.05) is 146 Å². The molecule has 0 aliphatic carbocycles. The zero-order chi connectivity index (χ0) is 35.8. The molecule has 9 heteroatoms. The Labute approximate surface area is 303 Å². The Kier molecular flexibility index (Phi) is 10.2. The predicted molar refractivity (Wildman–Crippen MR) is 203 cm³/mol. The van der Waals surface area contributed by atoms with Gasteiger partial charge in [-0.15, -0.1) is 5.10 Å². The van der Waals surface area contributed by atoms with E-state index in [1.54, 1.807) is 6.92 Å². The molecule has 0 unspecified atom stereocenters. The Bertz CT molecular complexity index is 2130. The molecule has 9 nitrogen and oxygen atoms in total. The SMILES string of the molecule is CCCN(Cc1ccc(-c2ccccc2-c2nnnn2C(c2ccccc2)(c2ccccc2)c2ccccc2)cc1)c1ncncc1C(=O)OCC. The number of hydrogen-bond donors (Lipinski definition) is 0.